The van der Waals surface area contributed by atoms with E-state index >= 15 is 0 Å². The fourth-order valence-electron chi connectivity index (χ4n) is 2.43. The molecule has 0 atom stereocenters. The van der Waals surface area contributed by atoms with Crippen molar-refractivity contribution < 1.29 is 0 Å². The molecule has 2 nitrogen and oxygen atoms in total. The summed E-state index contributed by atoms with van der Waals surface area (Å²) in [4.78, 5) is 0. The van der Waals surface area contributed by atoms with Crippen LogP contribution in [-0.2, 0) is 0 Å². The van der Waals surface area contributed by atoms with E-state index in [1.165, 1.54) is 96.6 Å². The van der Waals surface area contributed by atoms with Crippen molar-refractivity contribution in [1.82, 2.24) is 5.32 Å². The summed E-state index contributed by atoms with van der Waals surface area (Å²) in [5, 5.41) is 3.57. The second kappa shape index (κ2) is 17.9. The first-order valence-electron chi connectivity index (χ1n) is 8.82. The lowest BCUT2D eigenvalue weighted by molar-refractivity contribution is 0.538. The number of nitrogens with one attached hydrogen (secondary N) is 1. The maximum absolute atomic E-state index is 5.47. The van der Waals surface area contributed by atoms with Crippen molar-refractivity contribution >= 4 is 0 Å². The number of hydrogen-bond acceptors (Lipinski definition) is 2. The third-order valence-corrected chi connectivity index (χ3v) is 3.76. The SMILES string of the molecule is CCCCCCCCNCCCCCCCCCN. The molecule has 2 heteroatoms. The van der Waals surface area contributed by atoms with Gasteiger partial charge in [-0.15, -0.1) is 0 Å². The summed E-state index contributed by atoms with van der Waals surface area (Å²) in [5.74, 6) is 0. The normalized spacial score (nSPS) is 11.1. The zero-order chi connectivity index (χ0) is 14.0. The summed E-state index contributed by atoms with van der Waals surface area (Å²) >= 11 is 0. The second-order valence-corrected chi connectivity index (χ2v) is 5.78. The first-order chi connectivity index (χ1) is 9.41. The molecule has 0 aromatic carbocycles. The van der Waals surface area contributed by atoms with Gasteiger partial charge in [-0.3, -0.25) is 0 Å². The van der Waals surface area contributed by atoms with Gasteiger partial charge in [-0.25, -0.2) is 0 Å². The van der Waals surface area contributed by atoms with Gasteiger partial charge >= 0.3 is 0 Å². The minimum Gasteiger partial charge on any atom is -0.330 e. The van der Waals surface area contributed by atoms with Crippen molar-refractivity contribution in [3.8, 4) is 0 Å². The van der Waals surface area contributed by atoms with E-state index in [4.69, 9.17) is 5.73 Å². The van der Waals surface area contributed by atoms with Gasteiger partial charge in [0, 0.05) is 0 Å². The summed E-state index contributed by atoms with van der Waals surface area (Å²) < 4.78 is 0. The fraction of sp³-hybridized carbons (Fsp3) is 1.00. The lowest BCUT2D eigenvalue weighted by Crippen LogP contribution is -2.16. The molecule has 0 aromatic heterocycles. The van der Waals surface area contributed by atoms with Crippen LogP contribution in [0.3, 0.4) is 0 Å². The lowest BCUT2D eigenvalue weighted by Gasteiger charge is -2.05. The number of hydrogen-bond donors (Lipinski definition) is 2. The maximum Gasteiger partial charge on any atom is -0.00489 e. The quantitative estimate of drug-likeness (QED) is 0.401. The van der Waals surface area contributed by atoms with Gasteiger partial charge < -0.3 is 11.1 Å². The molecule has 0 aliphatic carbocycles. The Morgan fingerprint density at radius 3 is 1.47 bits per heavy atom. The number of unbranched alkanes of at least 4 members (excludes halogenated alkanes) is 11. The molecule has 0 heterocycles. The summed E-state index contributed by atoms with van der Waals surface area (Å²) in [5.41, 5.74) is 5.47. The van der Waals surface area contributed by atoms with E-state index in [1.54, 1.807) is 0 Å². The molecule has 0 radical (unpaired) electrons. The van der Waals surface area contributed by atoms with E-state index in [0.717, 1.165) is 6.54 Å². The number of nitrogens with two attached hydrogens (primary N) is 1. The lowest BCUT2D eigenvalue weighted by atomic mass is 10.1. The zero-order valence-electron chi connectivity index (χ0n) is 13.4. The highest BCUT2D eigenvalue weighted by atomic mass is 14.8. The molecular weight excluding hydrogens is 232 g/mol. The van der Waals surface area contributed by atoms with E-state index in [9.17, 15) is 0 Å². The predicted octanol–water partition coefficient (Wildman–Crippen LogP) is 4.63. The molecule has 0 aromatic rings. The van der Waals surface area contributed by atoms with Crippen molar-refractivity contribution in [1.29, 1.82) is 0 Å². The summed E-state index contributed by atoms with van der Waals surface area (Å²) in [6, 6.07) is 0. The molecule has 0 amide bonds. The molecule has 0 aliphatic heterocycles. The molecule has 19 heavy (non-hydrogen) atoms. The Balaban J connectivity index is 2.88. The summed E-state index contributed by atoms with van der Waals surface area (Å²) in [6.07, 6.45) is 17.9. The third-order valence-electron chi connectivity index (χ3n) is 3.76. The van der Waals surface area contributed by atoms with E-state index in [-0.39, 0.29) is 0 Å². The summed E-state index contributed by atoms with van der Waals surface area (Å²) in [7, 11) is 0. The van der Waals surface area contributed by atoms with E-state index in [2.05, 4.69) is 12.2 Å². The van der Waals surface area contributed by atoms with Gasteiger partial charge in [0.1, 0.15) is 0 Å². The Morgan fingerprint density at radius 2 is 1.00 bits per heavy atom. The molecular formula is C17H38N2. The molecule has 116 valence electrons. The molecule has 0 bridgehead atoms. The topological polar surface area (TPSA) is 38.0 Å². The standard InChI is InChI=1S/C17H38N2/c1-2-3-4-5-10-13-16-19-17-14-11-8-6-7-9-12-15-18/h19H,2-18H2,1H3. The largest absolute Gasteiger partial charge is 0.330 e. The van der Waals surface area contributed by atoms with Gasteiger partial charge in [-0.05, 0) is 38.9 Å². The van der Waals surface area contributed by atoms with Crippen LogP contribution in [0.25, 0.3) is 0 Å². The van der Waals surface area contributed by atoms with Gasteiger partial charge in [-0.1, -0.05) is 71.1 Å². The molecule has 0 saturated heterocycles. The Morgan fingerprint density at radius 1 is 0.579 bits per heavy atom. The molecule has 0 fully saturated rings. The van der Waals surface area contributed by atoms with E-state index < -0.39 is 0 Å². The summed E-state index contributed by atoms with van der Waals surface area (Å²) in [6.45, 7) is 5.59. The first kappa shape index (κ1) is 18.9. The maximum atomic E-state index is 5.47. The minimum atomic E-state index is 0.863. The molecule has 0 aliphatic rings. The average molecular weight is 271 g/mol. The van der Waals surface area contributed by atoms with Crippen LogP contribution in [-0.4, -0.2) is 19.6 Å². The molecule has 3 N–H and O–H groups in total. The van der Waals surface area contributed by atoms with Crippen LogP contribution >= 0.6 is 0 Å². The van der Waals surface area contributed by atoms with Gasteiger partial charge in [0.15, 0.2) is 0 Å². The Hall–Kier alpha value is -0.0800. The highest BCUT2D eigenvalue weighted by Crippen LogP contribution is 2.06. The smallest absolute Gasteiger partial charge is 0.00489 e. The van der Waals surface area contributed by atoms with Crippen LogP contribution in [0.5, 0.6) is 0 Å². The highest BCUT2D eigenvalue weighted by molar-refractivity contribution is 4.52. The van der Waals surface area contributed by atoms with Gasteiger partial charge in [0.05, 0.1) is 0 Å². The monoisotopic (exact) mass is 270 g/mol. The van der Waals surface area contributed by atoms with Crippen LogP contribution in [0.2, 0.25) is 0 Å². The van der Waals surface area contributed by atoms with Crippen molar-refractivity contribution in [3.05, 3.63) is 0 Å². The Labute approximate surface area is 121 Å². The Kier molecular flexibility index (Phi) is 17.8. The highest BCUT2D eigenvalue weighted by Gasteiger charge is 1.93. The zero-order valence-corrected chi connectivity index (χ0v) is 13.4. The predicted molar refractivity (Wildman–Crippen MR) is 87.6 cm³/mol. The van der Waals surface area contributed by atoms with Crippen LogP contribution in [0, 0.1) is 0 Å². The number of rotatable bonds is 16. The molecule has 0 unspecified atom stereocenters. The van der Waals surface area contributed by atoms with Crippen LogP contribution in [0.1, 0.15) is 90.4 Å². The van der Waals surface area contributed by atoms with Crippen molar-refractivity contribution in [2.24, 2.45) is 5.73 Å². The van der Waals surface area contributed by atoms with Crippen molar-refractivity contribution in [3.63, 3.8) is 0 Å². The molecule has 0 rings (SSSR count). The van der Waals surface area contributed by atoms with E-state index in [0.29, 0.717) is 0 Å². The molecule has 0 saturated carbocycles. The van der Waals surface area contributed by atoms with Gasteiger partial charge in [-0.2, -0.15) is 0 Å². The second-order valence-electron chi connectivity index (χ2n) is 5.78. The van der Waals surface area contributed by atoms with Crippen LogP contribution in [0.4, 0.5) is 0 Å². The minimum absolute atomic E-state index is 0.863. The van der Waals surface area contributed by atoms with Crippen LogP contribution < -0.4 is 11.1 Å². The third kappa shape index (κ3) is 17.9. The van der Waals surface area contributed by atoms with Gasteiger partial charge in [0.25, 0.3) is 0 Å². The van der Waals surface area contributed by atoms with Gasteiger partial charge in [0.2, 0.25) is 0 Å². The molecule has 0 spiro atoms. The van der Waals surface area contributed by atoms with E-state index in [1.807, 2.05) is 0 Å². The van der Waals surface area contributed by atoms with Crippen molar-refractivity contribution in [2.75, 3.05) is 19.6 Å². The average Bonchev–Trinajstić information content (AvgIpc) is 2.43. The van der Waals surface area contributed by atoms with Crippen LogP contribution in [0.15, 0.2) is 0 Å². The first-order valence-corrected chi connectivity index (χ1v) is 8.82. The fourth-order valence-corrected chi connectivity index (χ4v) is 2.43. The van der Waals surface area contributed by atoms with Crippen molar-refractivity contribution in [2.45, 2.75) is 90.4 Å². The Bertz CT molecular complexity index is 132.